The number of nitrogens with zero attached hydrogens (tertiary/aromatic N) is 2. The van der Waals surface area contributed by atoms with Crippen molar-refractivity contribution in [2.75, 3.05) is 51.1 Å². The molecule has 9 heteroatoms. The molecule has 0 saturated carbocycles. The van der Waals surface area contributed by atoms with Crippen molar-refractivity contribution >= 4 is 27.7 Å². The monoisotopic (exact) mass is 386 g/mol. The van der Waals surface area contributed by atoms with E-state index >= 15 is 0 Å². The van der Waals surface area contributed by atoms with E-state index in [4.69, 9.17) is 4.74 Å². The van der Waals surface area contributed by atoms with Crippen LogP contribution in [0.5, 0.6) is 5.75 Å². The second kappa shape index (κ2) is 9.88. The lowest BCUT2D eigenvalue weighted by Crippen LogP contribution is -2.44. The van der Waals surface area contributed by atoms with Gasteiger partial charge < -0.3 is 15.4 Å². The van der Waals surface area contributed by atoms with Gasteiger partial charge in [0.25, 0.3) is 0 Å². The molecule has 1 fully saturated rings. The van der Waals surface area contributed by atoms with Gasteiger partial charge >= 0.3 is 0 Å². The molecule has 0 aliphatic carbocycles. The molecule has 0 aromatic heterocycles. The van der Waals surface area contributed by atoms with Gasteiger partial charge in [-0.15, -0.1) is 0 Å². The number of thioether (sulfide) groups is 1. The molecule has 1 heterocycles. The highest BCUT2D eigenvalue weighted by Crippen LogP contribution is 2.16. The zero-order valence-corrected chi connectivity index (χ0v) is 16.3. The summed E-state index contributed by atoms with van der Waals surface area (Å²) in [5.41, 5.74) is 1.01. The maximum absolute atomic E-state index is 12.3. The molecular weight excluding hydrogens is 360 g/mol. The second-order valence-electron chi connectivity index (χ2n) is 5.49. The molecule has 1 aliphatic heterocycles. The summed E-state index contributed by atoms with van der Waals surface area (Å²) in [5, 5.41) is 6.23. The van der Waals surface area contributed by atoms with Crippen LogP contribution in [-0.2, 0) is 16.6 Å². The summed E-state index contributed by atoms with van der Waals surface area (Å²) < 4.78 is 31.5. The van der Waals surface area contributed by atoms with Crippen LogP contribution in [0, 0.1) is 0 Å². The first kappa shape index (κ1) is 19.9. The van der Waals surface area contributed by atoms with Crippen LogP contribution in [0.1, 0.15) is 5.56 Å². The number of guanidine groups is 1. The highest BCUT2D eigenvalue weighted by atomic mass is 32.2. The number of hydrogen-bond acceptors (Lipinski definition) is 5. The lowest BCUT2D eigenvalue weighted by atomic mass is 10.2. The van der Waals surface area contributed by atoms with Crippen LogP contribution in [0.3, 0.4) is 0 Å². The van der Waals surface area contributed by atoms with Crippen molar-refractivity contribution in [1.82, 2.24) is 14.9 Å². The van der Waals surface area contributed by atoms with Gasteiger partial charge in [0.15, 0.2) is 5.96 Å². The third-order valence-corrected chi connectivity index (χ3v) is 6.69. The van der Waals surface area contributed by atoms with Gasteiger partial charge in [-0.3, -0.25) is 4.99 Å². The normalized spacial score (nSPS) is 16.5. The summed E-state index contributed by atoms with van der Waals surface area (Å²) in [7, 11) is 0.0851. The zero-order chi connectivity index (χ0) is 18.1. The Kier molecular flexibility index (Phi) is 7.86. The Morgan fingerprint density at radius 1 is 1.28 bits per heavy atom. The van der Waals surface area contributed by atoms with Gasteiger partial charge in [0, 0.05) is 50.3 Å². The van der Waals surface area contributed by atoms with Crippen molar-refractivity contribution in [3.05, 3.63) is 29.8 Å². The van der Waals surface area contributed by atoms with Gasteiger partial charge in [-0.05, 0) is 6.07 Å². The van der Waals surface area contributed by atoms with Gasteiger partial charge in [0.05, 0.1) is 12.9 Å². The minimum absolute atomic E-state index is 0.0625. The highest BCUT2D eigenvalue weighted by molar-refractivity contribution is 7.99. The molecule has 1 aliphatic rings. The van der Waals surface area contributed by atoms with Crippen molar-refractivity contribution in [2.24, 2.45) is 4.99 Å². The number of ether oxygens (including phenoxy) is 1. The number of nitrogens with one attached hydrogen (secondary N) is 2. The Labute approximate surface area is 154 Å². The van der Waals surface area contributed by atoms with Crippen LogP contribution in [0.25, 0.3) is 0 Å². The molecule has 0 unspecified atom stereocenters. The first-order chi connectivity index (χ1) is 12.1. The third-order valence-electron chi connectivity index (χ3n) is 3.88. The molecule has 25 heavy (non-hydrogen) atoms. The molecule has 2 N–H and O–H groups in total. The number of benzene rings is 1. The Morgan fingerprint density at radius 2 is 2.00 bits per heavy atom. The summed E-state index contributed by atoms with van der Waals surface area (Å²) in [6.45, 7) is 2.07. The topological polar surface area (TPSA) is 83.0 Å². The van der Waals surface area contributed by atoms with Gasteiger partial charge in [-0.2, -0.15) is 11.8 Å². The maximum Gasteiger partial charge on any atom is 0.215 e. The Balaban J connectivity index is 1.80. The number of sulfonamides is 1. The SMILES string of the molecule is CN=C(NCCS(=O)(=O)N1CCSCC1)NCc1ccccc1OC. The highest BCUT2D eigenvalue weighted by Gasteiger charge is 2.23. The van der Waals surface area contributed by atoms with Crippen molar-refractivity contribution < 1.29 is 13.2 Å². The smallest absolute Gasteiger partial charge is 0.215 e. The second-order valence-corrected chi connectivity index (χ2v) is 8.81. The van der Waals surface area contributed by atoms with E-state index in [9.17, 15) is 8.42 Å². The van der Waals surface area contributed by atoms with Crippen LogP contribution >= 0.6 is 11.8 Å². The first-order valence-electron chi connectivity index (χ1n) is 8.19. The van der Waals surface area contributed by atoms with Crippen molar-refractivity contribution in [2.45, 2.75) is 6.54 Å². The summed E-state index contributed by atoms with van der Waals surface area (Å²) in [5.74, 6) is 3.17. The molecule has 1 saturated heterocycles. The van der Waals surface area contributed by atoms with Crippen molar-refractivity contribution in [1.29, 1.82) is 0 Å². The fourth-order valence-corrected chi connectivity index (χ4v) is 4.99. The van der Waals surface area contributed by atoms with Crippen molar-refractivity contribution in [3.8, 4) is 5.75 Å². The van der Waals surface area contributed by atoms with Crippen molar-refractivity contribution in [3.63, 3.8) is 0 Å². The molecule has 140 valence electrons. The van der Waals surface area contributed by atoms with Gasteiger partial charge in [0.2, 0.25) is 10.0 Å². The molecule has 1 aromatic rings. The number of hydrogen-bond donors (Lipinski definition) is 2. The van der Waals surface area contributed by atoms with Crippen LogP contribution in [-0.4, -0.2) is 69.7 Å². The molecular formula is C16H26N4O3S2. The number of aliphatic imine (C=N–C) groups is 1. The maximum atomic E-state index is 12.3. The zero-order valence-electron chi connectivity index (χ0n) is 14.7. The molecule has 2 rings (SSSR count). The number of methoxy groups -OCH3 is 1. The van der Waals surface area contributed by atoms with Gasteiger partial charge in [0.1, 0.15) is 5.75 Å². The quantitative estimate of drug-likeness (QED) is 0.531. The van der Waals surface area contributed by atoms with E-state index in [2.05, 4.69) is 15.6 Å². The third kappa shape index (κ3) is 6.09. The van der Waals surface area contributed by atoms with Crippen LogP contribution in [0.2, 0.25) is 0 Å². The van der Waals surface area contributed by atoms with E-state index in [0.717, 1.165) is 22.8 Å². The van der Waals surface area contributed by atoms with Crippen LogP contribution in [0.15, 0.2) is 29.3 Å². The first-order valence-corrected chi connectivity index (χ1v) is 10.9. The summed E-state index contributed by atoms with van der Waals surface area (Å²) in [6.07, 6.45) is 0. The van der Waals surface area contributed by atoms with Crippen LogP contribution < -0.4 is 15.4 Å². The van der Waals surface area contributed by atoms with E-state index in [1.54, 1.807) is 30.2 Å². The van der Waals surface area contributed by atoms with Gasteiger partial charge in [-0.1, -0.05) is 18.2 Å². The molecule has 0 radical (unpaired) electrons. The van der Waals surface area contributed by atoms with E-state index in [-0.39, 0.29) is 5.75 Å². The minimum Gasteiger partial charge on any atom is -0.496 e. The van der Waals surface area contributed by atoms with E-state index in [0.29, 0.717) is 32.1 Å². The van der Waals surface area contributed by atoms with Gasteiger partial charge in [-0.25, -0.2) is 12.7 Å². The average molecular weight is 387 g/mol. The standard InChI is InChI=1S/C16H26N4O3S2/c1-17-16(19-13-14-5-3-4-6-15(14)23-2)18-7-12-25(21,22)20-8-10-24-11-9-20/h3-6H,7-13H2,1-2H3,(H2,17,18,19). The molecule has 0 bridgehead atoms. The fourth-order valence-electron chi connectivity index (χ4n) is 2.50. The molecule has 1 aromatic carbocycles. The Hall–Kier alpha value is -1.45. The summed E-state index contributed by atoms with van der Waals surface area (Å²) >= 11 is 1.79. The summed E-state index contributed by atoms with van der Waals surface area (Å²) in [6, 6.07) is 7.73. The molecule has 7 nitrogen and oxygen atoms in total. The van der Waals surface area contributed by atoms with E-state index < -0.39 is 10.0 Å². The van der Waals surface area contributed by atoms with Crippen LogP contribution in [0.4, 0.5) is 0 Å². The van der Waals surface area contributed by atoms with E-state index in [1.165, 1.54) is 0 Å². The molecule has 0 atom stereocenters. The van der Waals surface area contributed by atoms with E-state index in [1.807, 2.05) is 24.3 Å². The molecule has 0 amide bonds. The average Bonchev–Trinajstić information content (AvgIpc) is 2.65. The Bertz CT molecular complexity index is 674. The fraction of sp³-hybridized carbons (Fsp3) is 0.562. The lowest BCUT2D eigenvalue weighted by Gasteiger charge is -2.25. The number of rotatable bonds is 7. The number of para-hydroxylation sites is 1. The largest absolute Gasteiger partial charge is 0.496 e. The predicted octanol–water partition coefficient (Wildman–Crippen LogP) is 0.739. The summed E-state index contributed by atoms with van der Waals surface area (Å²) in [4.78, 5) is 4.13. The molecule has 0 spiro atoms. The minimum atomic E-state index is -3.21. The lowest BCUT2D eigenvalue weighted by molar-refractivity contribution is 0.409. The predicted molar refractivity (Wildman–Crippen MR) is 104 cm³/mol. The Morgan fingerprint density at radius 3 is 2.68 bits per heavy atom.